The van der Waals surface area contributed by atoms with Gasteiger partial charge in [0.1, 0.15) is 11.6 Å². The molecule has 1 N–H and O–H groups in total. The Labute approximate surface area is 152 Å². The zero-order valence-electron chi connectivity index (χ0n) is 15.4. The number of aryl methyl sites for hydroxylation is 2. The molecule has 0 saturated carbocycles. The number of azo groups is 1. The molecule has 0 aliphatic heterocycles. The minimum Gasteiger partial charge on any atom is -0.493 e. The quantitative estimate of drug-likeness (QED) is 0.630. The topological polar surface area (TPSA) is 100.0 Å². The zero-order chi connectivity index (χ0) is 19.3. The van der Waals surface area contributed by atoms with Gasteiger partial charge < -0.3 is 9.84 Å². The van der Waals surface area contributed by atoms with Gasteiger partial charge in [0.15, 0.2) is 5.69 Å². The van der Waals surface area contributed by atoms with Crippen LogP contribution in [-0.4, -0.2) is 23.4 Å². The Balaban J connectivity index is 2.55. The van der Waals surface area contributed by atoms with Gasteiger partial charge in [-0.2, -0.15) is 10.4 Å². The zero-order valence-corrected chi connectivity index (χ0v) is 15.4. The molecule has 136 valence electrons. The average Bonchev–Trinajstić information content (AvgIpc) is 2.61. The Bertz CT molecular complexity index is 939. The summed E-state index contributed by atoms with van der Waals surface area (Å²) < 4.78 is 6.12. The van der Waals surface area contributed by atoms with Crippen molar-refractivity contribution in [2.75, 3.05) is 13.7 Å². The summed E-state index contributed by atoms with van der Waals surface area (Å²) in [6.07, 6.45) is 0.519. The maximum absolute atomic E-state index is 12.7. The summed E-state index contributed by atoms with van der Waals surface area (Å²) in [6, 6.07) is 7.71. The Kier molecular flexibility index (Phi) is 6.26. The van der Waals surface area contributed by atoms with Gasteiger partial charge >= 0.3 is 0 Å². The van der Waals surface area contributed by atoms with E-state index in [4.69, 9.17) is 4.74 Å². The molecule has 7 heteroatoms. The van der Waals surface area contributed by atoms with E-state index in [0.29, 0.717) is 24.3 Å². The molecular formula is C19H22N4O3. The van der Waals surface area contributed by atoms with Gasteiger partial charge in [0.05, 0.1) is 5.69 Å². The molecule has 2 aromatic rings. The van der Waals surface area contributed by atoms with Crippen LogP contribution in [0.5, 0.6) is 5.88 Å². The van der Waals surface area contributed by atoms with Gasteiger partial charge in [0.25, 0.3) is 5.56 Å². The number of nitriles is 1. The van der Waals surface area contributed by atoms with E-state index >= 15 is 0 Å². The number of ether oxygens (including phenoxy) is 1. The number of hydrogen-bond acceptors (Lipinski definition) is 6. The van der Waals surface area contributed by atoms with E-state index in [0.717, 1.165) is 15.7 Å². The lowest BCUT2D eigenvalue weighted by molar-refractivity contribution is 0.188. The molecule has 0 aliphatic carbocycles. The molecule has 0 saturated heterocycles. The summed E-state index contributed by atoms with van der Waals surface area (Å²) in [4.78, 5) is 12.7. The fourth-order valence-corrected chi connectivity index (χ4v) is 2.56. The third-order valence-corrected chi connectivity index (χ3v) is 4.12. The summed E-state index contributed by atoms with van der Waals surface area (Å²) in [5, 5.41) is 27.9. The highest BCUT2D eigenvalue weighted by atomic mass is 16.5. The largest absolute Gasteiger partial charge is 0.493 e. The second kappa shape index (κ2) is 8.41. The molecule has 1 aromatic heterocycles. The Morgan fingerprint density at radius 1 is 1.27 bits per heavy atom. The molecule has 0 atom stereocenters. The van der Waals surface area contributed by atoms with Gasteiger partial charge in [-0.25, -0.2) is 0 Å². The number of hydrogen-bond donors (Lipinski definition) is 1. The van der Waals surface area contributed by atoms with E-state index in [1.54, 1.807) is 14.0 Å². The van der Waals surface area contributed by atoms with Gasteiger partial charge in [0.2, 0.25) is 5.88 Å². The molecule has 1 heterocycles. The van der Waals surface area contributed by atoms with Gasteiger partial charge in [-0.15, -0.1) is 5.11 Å². The predicted molar refractivity (Wildman–Crippen MR) is 98.4 cm³/mol. The summed E-state index contributed by atoms with van der Waals surface area (Å²) in [5.74, 6) is -0.350. The molecule has 0 amide bonds. The monoisotopic (exact) mass is 354 g/mol. The Morgan fingerprint density at radius 2 is 2.00 bits per heavy atom. The third-order valence-electron chi connectivity index (χ3n) is 4.12. The molecule has 0 fully saturated rings. The van der Waals surface area contributed by atoms with Crippen molar-refractivity contribution in [1.82, 2.24) is 4.57 Å². The highest BCUT2D eigenvalue weighted by Crippen LogP contribution is 2.28. The van der Waals surface area contributed by atoms with Crippen molar-refractivity contribution in [1.29, 1.82) is 5.26 Å². The van der Waals surface area contributed by atoms with Crippen LogP contribution in [0.1, 0.15) is 28.7 Å². The van der Waals surface area contributed by atoms with E-state index in [1.807, 2.05) is 38.1 Å². The lowest BCUT2D eigenvalue weighted by Gasteiger charge is -2.12. The average molecular weight is 354 g/mol. The van der Waals surface area contributed by atoms with E-state index in [9.17, 15) is 15.2 Å². The highest BCUT2D eigenvalue weighted by Gasteiger charge is 2.19. The molecule has 0 unspecified atom stereocenters. The molecule has 26 heavy (non-hydrogen) atoms. The van der Waals surface area contributed by atoms with Gasteiger partial charge in [-0.05, 0) is 44.4 Å². The standard InChI is InChI=1S/C19H22N4O3/c1-12-6-7-13(2)16(10-12)21-22-17-14(3)15(11-20)18(24)23(19(17)25)8-5-9-26-4/h6-7,10,24H,5,8-9H2,1-4H3. The number of methoxy groups -OCH3 is 1. The smallest absolute Gasteiger partial charge is 0.281 e. The first-order valence-electron chi connectivity index (χ1n) is 8.25. The number of rotatable bonds is 6. The van der Waals surface area contributed by atoms with Crippen molar-refractivity contribution in [3.05, 3.63) is 50.8 Å². The second-order valence-electron chi connectivity index (χ2n) is 6.08. The maximum atomic E-state index is 12.7. The van der Waals surface area contributed by atoms with E-state index in [-0.39, 0.29) is 23.7 Å². The number of nitrogens with zero attached hydrogens (tertiary/aromatic N) is 4. The van der Waals surface area contributed by atoms with Gasteiger partial charge in [-0.1, -0.05) is 12.1 Å². The number of aromatic hydroxyl groups is 1. The minimum atomic E-state index is -0.482. The molecule has 0 radical (unpaired) electrons. The molecular weight excluding hydrogens is 332 g/mol. The van der Waals surface area contributed by atoms with Gasteiger partial charge in [0, 0.05) is 25.8 Å². The first-order chi connectivity index (χ1) is 12.4. The lowest BCUT2D eigenvalue weighted by Crippen LogP contribution is -2.22. The fourth-order valence-electron chi connectivity index (χ4n) is 2.56. The van der Waals surface area contributed by atoms with Crippen LogP contribution in [0.4, 0.5) is 11.4 Å². The molecule has 0 aliphatic rings. The van der Waals surface area contributed by atoms with Crippen LogP contribution < -0.4 is 5.56 Å². The van der Waals surface area contributed by atoms with Crippen LogP contribution >= 0.6 is 0 Å². The lowest BCUT2D eigenvalue weighted by atomic mass is 10.1. The van der Waals surface area contributed by atoms with E-state index < -0.39 is 5.56 Å². The summed E-state index contributed by atoms with van der Waals surface area (Å²) in [6.45, 7) is 6.08. The van der Waals surface area contributed by atoms with Crippen molar-refractivity contribution in [2.45, 2.75) is 33.7 Å². The number of aromatic nitrogens is 1. The van der Waals surface area contributed by atoms with Gasteiger partial charge in [-0.3, -0.25) is 9.36 Å². The Hall–Kier alpha value is -2.98. The van der Waals surface area contributed by atoms with Crippen molar-refractivity contribution in [3.63, 3.8) is 0 Å². The van der Waals surface area contributed by atoms with Crippen molar-refractivity contribution >= 4 is 11.4 Å². The first kappa shape index (κ1) is 19.3. The molecule has 1 aromatic carbocycles. The van der Waals surface area contributed by atoms with Crippen molar-refractivity contribution < 1.29 is 9.84 Å². The van der Waals surface area contributed by atoms with Crippen LogP contribution in [0.2, 0.25) is 0 Å². The fraction of sp³-hybridized carbons (Fsp3) is 0.368. The van der Waals surface area contributed by atoms with E-state index in [2.05, 4.69) is 10.2 Å². The molecule has 0 spiro atoms. The normalized spacial score (nSPS) is 11.0. The van der Waals surface area contributed by atoms with Crippen LogP contribution in [0.15, 0.2) is 33.2 Å². The molecule has 2 rings (SSSR count). The predicted octanol–water partition coefficient (Wildman–Crippen LogP) is 3.80. The SMILES string of the molecule is COCCCn1c(O)c(C#N)c(C)c(N=Nc2cc(C)ccc2C)c1=O. The second-order valence-corrected chi connectivity index (χ2v) is 6.08. The molecule has 7 nitrogen and oxygen atoms in total. The number of benzene rings is 1. The van der Waals surface area contributed by atoms with Crippen molar-refractivity contribution in [2.24, 2.45) is 10.2 Å². The van der Waals surface area contributed by atoms with Crippen LogP contribution in [0.3, 0.4) is 0 Å². The Morgan fingerprint density at radius 3 is 2.65 bits per heavy atom. The molecule has 0 bridgehead atoms. The summed E-state index contributed by atoms with van der Waals surface area (Å²) in [7, 11) is 1.56. The maximum Gasteiger partial charge on any atom is 0.281 e. The first-order valence-corrected chi connectivity index (χ1v) is 8.25. The minimum absolute atomic E-state index is 0.0249. The van der Waals surface area contributed by atoms with Crippen molar-refractivity contribution in [3.8, 4) is 11.9 Å². The van der Waals surface area contributed by atoms with E-state index in [1.165, 1.54) is 0 Å². The number of pyridine rings is 1. The van der Waals surface area contributed by atoms with Crippen LogP contribution in [0, 0.1) is 32.1 Å². The van der Waals surface area contributed by atoms with Crippen LogP contribution in [-0.2, 0) is 11.3 Å². The highest BCUT2D eigenvalue weighted by molar-refractivity contribution is 5.57. The summed E-state index contributed by atoms with van der Waals surface area (Å²) >= 11 is 0. The summed E-state index contributed by atoms with van der Waals surface area (Å²) in [5.41, 5.74) is 2.52. The van der Waals surface area contributed by atoms with Crippen LogP contribution in [0.25, 0.3) is 0 Å². The third kappa shape index (κ3) is 3.98.